The average Bonchev–Trinajstić information content (AvgIpc) is 3.20. The van der Waals surface area contributed by atoms with Gasteiger partial charge in [-0.05, 0) is 12.5 Å². The van der Waals surface area contributed by atoms with Gasteiger partial charge in [0, 0.05) is 44.2 Å². The van der Waals surface area contributed by atoms with Crippen molar-refractivity contribution in [3.05, 3.63) is 34.0 Å². The number of carbonyl (C=O) groups excluding carboxylic acids is 1. The number of thiazole rings is 1. The number of amides is 1. The molecule has 118 valence electrons. The zero-order chi connectivity index (χ0) is 15.7. The average molecular weight is 319 g/mol. The standard InChI is InChI=1S/C15H21N5OS/c1-10-14(22-9-17-10)8-19(2)15(21)13-6-16-5-12(13)11-4-18-20(3)7-11/h4,7,9,12-13,16H,5-6,8H2,1-3H3/t12-,13+/m1/s1. The van der Waals surface area contributed by atoms with Gasteiger partial charge in [-0.2, -0.15) is 5.10 Å². The van der Waals surface area contributed by atoms with Crippen molar-refractivity contribution in [1.29, 1.82) is 0 Å². The van der Waals surface area contributed by atoms with Crippen LogP contribution >= 0.6 is 11.3 Å². The van der Waals surface area contributed by atoms with Gasteiger partial charge >= 0.3 is 0 Å². The van der Waals surface area contributed by atoms with E-state index in [2.05, 4.69) is 15.4 Å². The number of rotatable bonds is 4. The number of aromatic nitrogens is 3. The van der Waals surface area contributed by atoms with Crippen LogP contribution in [-0.4, -0.2) is 45.7 Å². The van der Waals surface area contributed by atoms with Crippen molar-refractivity contribution >= 4 is 17.2 Å². The van der Waals surface area contributed by atoms with E-state index in [1.165, 1.54) is 0 Å². The molecule has 2 aromatic rings. The Morgan fingerprint density at radius 2 is 2.36 bits per heavy atom. The lowest BCUT2D eigenvalue weighted by atomic mass is 9.90. The predicted molar refractivity (Wildman–Crippen MR) is 85.6 cm³/mol. The van der Waals surface area contributed by atoms with Crippen molar-refractivity contribution in [1.82, 2.24) is 25.0 Å². The first-order valence-electron chi connectivity index (χ1n) is 7.39. The molecule has 3 heterocycles. The summed E-state index contributed by atoms with van der Waals surface area (Å²) in [7, 11) is 3.78. The van der Waals surface area contributed by atoms with Crippen LogP contribution in [0.1, 0.15) is 22.1 Å². The van der Waals surface area contributed by atoms with Crippen molar-refractivity contribution in [2.45, 2.75) is 19.4 Å². The Morgan fingerprint density at radius 1 is 1.55 bits per heavy atom. The third-order valence-electron chi connectivity index (χ3n) is 4.29. The SMILES string of the molecule is Cc1ncsc1CN(C)C(=O)[C@H]1CNC[C@@H]1c1cnn(C)c1. The number of aryl methyl sites for hydroxylation is 2. The van der Waals surface area contributed by atoms with Gasteiger partial charge in [-0.3, -0.25) is 9.48 Å². The molecule has 7 heteroatoms. The van der Waals surface area contributed by atoms with E-state index < -0.39 is 0 Å². The number of nitrogens with one attached hydrogen (secondary N) is 1. The van der Waals surface area contributed by atoms with Gasteiger partial charge in [0.2, 0.25) is 5.91 Å². The van der Waals surface area contributed by atoms with E-state index in [0.29, 0.717) is 6.54 Å². The van der Waals surface area contributed by atoms with Gasteiger partial charge in [0.1, 0.15) is 0 Å². The molecular formula is C15H21N5OS. The topological polar surface area (TPSA) is 63.1 Å². The maximum Gasteiger partial charge on any atom is 0.227 e. The Balaban J connectivity index is 1.71. The number of hydrogen-bond donors (Lipinski definition) is 1. The lowest BCUT2D eigenvalue weighted by Gasteiger charge is -2.23. The number of hydrogen-bond acceptors (Lipinski definition) is 5. The maximum atomic E-state index is 12.8. The Kier molecular flexibility index (Phi) is 4.26. The monoisotopic (exact) mass is 319 g/mol. The molecule has 1 fully saturated rings. The Hall–Kier alpha value is -1.73. The van der Waals surface area contributed by atoms with Gasteiger partial charge in [-0.15, -0.1) is 11.3 Å². The second-order valence-electron chi connectivity index (χ2n) is 5.87. The van der Waals surface area contributed by atoms with Crippen molar-refractivity contribution in [2.24, 2.45) is 13.0 Å². The van der Waals surface area contributed by atoms with Crippen LogP contribution in [0.3, 0.4) is 0 Å². The van der Waals surface area contributed by atoms with Crippen molar-refractivity contribution in [3.63, 3.8) is 0 Å². The molecule has 2 atom stereocenters. The Labute approximate surface area is 134 Å². The summed E-state index contributed by atoms with van der Waals surface area (Å²) in [5, 5.41) is 7.57. The quantitative estimate of drug-likeness (QED) is 0.918. The summed E-state index contributed by atoms with van der Waals surface area (Å²) in [6.07, 6.45) is 3.87. The lowest BCUT2D eigenvalue weighted by molar-refractivity contribution is -0.134. The van der Waals surface area contributed by atoms with Gasteiger partial charge in [-0.1, -0.05) is 0 Å². The van der Waals surface area contributed by atoms with Crippen LogP contribution in [0, 0.1) is 12.8 Å². The van der Waals surface area contributed by atoms with Crippen LogP contribution in [-0.2, 0) is 18.4 Å². The zero-order valence-electron chi connectivity index (χ0n) is 13.1. The summed E-state index contributed by atoms with van der Waals surface area (Å²) >= 11 is 1.60. The van der Waals surface area contributed by atoms with Crippen molar-refractivity contribution < 1.29 is 4.79 Å². The molecule has 0 spiro atoms. The minimum Gasteiger partial charge on any atom is -0.340 e. The third kappa shape index (κ3) is 2.91. The van der Waals surface area contributed by atoms with Crippen LogP contribution in [0.15, 0.2) is 17.9 Å². The van der Waals surface area contributed by atoms with Crippen LogP contribution in [0.25, 0.3) is 0 Å². The molecule has 0 radical (unpaired) electrons. The predicted octanol–water partition coefficient (Wildman–Crippen LogP) is 1.15. The second kappa shape index (κ2) is 6.18. The molecule has 22 heavy (non-hydrogen) atoms. The molecule has 1 saturated heterocycles. The van der Waals surface area contributed by atoms with E-state index in [1.54, 1.807) is 16.0 Å². The van der Waals surface area contributed by atoms with Crippen LogP contribution in [0.2, 0.25) is 0 Å². The maximum absolute atomic E-state index is 12.8. The first-order chi connectivity index (χ1) is 10.6. The second-order valence-corrected chi connectivity index (χ2v) is 6.81. The van der Waals surface area contributed by atoms with Gasteiger partial charge in [0.25, 0.3) is 0 Å². The Bertz CT molecular complexity index is 664. The molecule has 3 rings (SSSR count). The molecule has 1 N–H and O–H groups in total. The number of carbonyl (C=O) groups is 1. The highest BCUT2D eigenvalue weighted by molar-refractivity contribution is 7.09. The van der Waals surface area contributed by atoms with Crippen LogP contribution in [0.4, 0.5) is 0 Å². The minimum atomic E-state index is -0.0255. The molecule has 0 aliphatic carbocycles. The van der Waals surface area contributed by atoms with E-state index in [1.807, 2.05) is 43.8 Å². The summed E-state index contributed by atoms with van der Waals surface area (Å²) in [6, 6.07) is 0. The molecule has 1 amide bonds. The largest absolute Gasteiger partial charge is 0.340 e. The first kappa shape index (κ1) is 15.2. The summed E-state index contributed by atoms with van der Waals surface area (Å²) in [5.41, 5.74) is 3.98. The fourth-order valence-corrected chi connectivity index (χ4v) is 3.80. The molecule has 0 aromatic carbocycles. The smallest absolute Gasteiger partial charge is 0.227 e. The zero-order valence-corrected chi connectivity index (χ0v) is 13.9. The highest BCUT2D eigenvalue weighted by Gasteiger charge is 2.36. The highest BCUT2D eigenvalue weighted by Crippen LogP contribution is 2.29. The van der Waals surface area contributed by atoms with E-state index in [4.69, 9.17) is 0 Å². The highest BCUT2D eigenvalue weighted by atomic mass is 32.1. The van der Waals surface area contributed by atoms with E-state index in [9.17, 15) is 4.79 Å². The van der Waals surface area contributed by atoms with Crippen LogP contribution < -0.4 is 5.32 Å². The molecular weight excluding hydrogens is 298 g/mol. The minimum absolute atomic E-state index is 0.0255. The summed E-state index contributed by atoms with van der Waals surface area (Å²) in [5.74, 6) is 0.361. The molecule has 1 aliphatic rings. The van der Waals surface area contributed by atoms with Gasteiger partial charge in [0.15, 0.2) is 0 Å². The Morgan fingerprint density at radius 3 is 3.00 bits per heavy atom. The van der Waals surface area contributed by atoms with Gasteiger partial charge in [0.05, 0.1) is 29.9 Å². The molecule has 1 aliphatic heterocycles. The lowest BCUT2D eigenvalue weighted by Crippen LogP contribution is -2.35. The molecule has 2 aromatic heterocycles. The summed E-state index contributed by atoms with van der Waals surface area (Å²) < 4.78 is 1.79. The van der Waals surface area contributed by atoms with E-state index >= 15 is 0 Å². The van der Waals surface area contributed by atoms with Crippen molar-refractivity contribution in [3.8, 4) is 0 Å². The third-order valence-corrected chi connectivity index (χ3v) is 5.21. The molecule has 0 unspecified atom stereocenters. The van der Waals surface area contributed by atoms with E-state index in [0.717, 1.165) is 29.2 Å². The molecule has 6 nitrogen and oxygen atoms in total. The van der Waals surface area contributed by atoms with Crippen LogP contribution in [0.5, 0.6) is 0 Å². The van der Waals surface area contributed by atoms with E-state index in [-0.39, 0.29) is 17.7 Å². The van der Waals surface area contributed by atoms with Gasteiger partial charge in [-0.25, -0.2) is 4.98 Å². The van der Waals surface area contributed by atoms with Gasteiger partial charge < -0.3 is 10.2 Å². The number of nitrogens with zero attached hydrogens (tertiary/aromatic N) is 4. The summed E-state index contributed by atoms with van der Waals surface area (Å²) in [4.78, 5) is 20.0. The molecule has 0 bridgehead atoms. The fraction of sp³-hybridized carbons (Fsp3) is 0.533. The first-order valence-corrected chi connectivity index (χ1v) is 8.27. The normalized spacial score (nSPS) is 21.2. The van der Waals surface area contributed by atoms with Crippen molar-refractivity contribution in [2.75, 3.05) is 20.1 Å². The fourth-order valence-electron chi connectivity index (χ4n) is 2.97. The molecule has 0 saturated carbocycles. The summed E-state index contributed by atoms with van der Waals surface area (Å²) in [6.45, 7) is 4.17.